The van der Waals surface area contributed by atoms with E-state index in [4.69, 9.17) is 0 Å². The molecule has 0 saturated carbocycles. The molecule has 0 bridgehead atoms. The van der Waals surface area contributed by atoms with Crippen molar-refractivity contribution >= 4 is 5.69 Å². The molecule has 1 aliphatic rings. The second-order valence-corrected chi connectivity index (χ2v) is 4.88. The van der Waals surface area contributed by atoms with Crippen LogP contribution in [0.15, 0.2) is 18.2 Å². The number of halogens is 1. The summed E-state index contributed by atoms with van der Waals surface area (Å²) < 4.78 is 0. The van der Waals surface area contributed by atoms with E-state index in [-0.39, 0.29) is 36.2 Å². The van der Waals surface area contributed by atoms with Gasteiger partial charge in [0, 0.05) is 26.2 Å². The second kappa shape index (κ2) is 7.56. The quantitative estimate of drug-likeness (QED) is 0.593. The van der Waals surface area contributed by atoms with Crippen molar-refractivity contribution in [3.8, 4) is 0 Å². The van der Waals surface area contributed by atoms with Crippen molar-refractivity contribution in [3.05, 3.63) is 36.0 Å². The van der Waals surface area contributed by atoms with Crippen molar-refractivity contribution in [3.63, 3.8) is 0 Å². The van der Waals surface area contributed by atoms with Gasteiger partial charge < -0.3 is 17.3 Å². The van der Waals surface area contributed by atoms with Gasteiger partial charge in [0.2, 0.25) is 0 Å². The van der Waals surface area contributed by atoms with Crippen molar-refractivity contribution in [1.82, 2.24) is 4.90 Å². The normalized spacial score (nSPS) is 15.5. The molecule has 0 unspecified atom stereocenters. The average Bonchev–Trinajstić information content (AvgIpc) is 2.66. The van der Waals surface area contributed by atoms with Gasteiger partial charge in [0.1, 0.15) is 6.67 Å². The maximum atomic E-state index is 2.39. The van der Waals surface area contributed by atoms with E-state index in [9.17, 15) is 0 Å². The molecule has 18 heavy (non-hydrogen) atoms. The Hall–Kier alpha value is 0.0103. The van der Waals surface area contributed by atoms with Crippen LogP contribution < -0.4 is 17.3 Å². The van der Waals surface area contributed by atoms with Crippen LogP contribution in [-0.4, -0.2) is 24.0 Å². The molecule has 4 heteroatoms. The summed E-state index contributed by atoms with van der Waals surface area (Å²) in [7, 11) is 0. The second-order valence-electron chi connectivity index (χ2n) is 4.88. The fourth-order valence-corrected chi connectivity index (χ4v) is 2.34. The van der Waals surface area contributed by atoms with E-state index in [2.05, 4.69) is 62.4 Å². The number of benzene rings is 1. The van der Waals surface area contributed by atoms with Crippen molar-refractivity contribution in [1.29, 1.82) is 0 Å². The number of anilines is 1. The summed E-state index contributed by atoms with van der Waals surface area (Å²) in [5.74, 6) is 0. The summed E-state index contributed by atoms with van der Waals surface area (Å²) in [5.41, 5.74) is 4.11. The number of hydrogen-bond donors (Lipinski definition) is 0. The molecule has 1 aromatic rings. The molecule has 1 fully saturated rings. The van der Waals surface area contributed by atoms with E-state index < -0.39 is 0 Å². The van der Waals surface area contributed by atoms with Gasteiger partial charge in [-0.05, 0) is 38.8 Å². The maximum Gasteiger partial charge on any atom is 1.00 e. The van der Waals surface area contributed by atoms with Crippen molar-refractivity contribution in [2.24, 2.45) is 0 Å². The Kier molecular flexibility index (Phi) is 7.57. The van der Waals surface area contributed by atoms with Crippen LogP contribution in [0.1, 0.15) is 26.4 Å². The monoisotopic (exact) mass is 451 g/mol. The molecule has 1 saturated heterocycles. The van der Waals surface area contributed by atoms with Gasteiger partial charge in [-0.2, -0.15) is 0 Å². The SMILES string of the molecule is Cc1cccc(C)c1N1[CH]N(C(C)C)CC1.[Au+].[Cl-].[HH]. The molecule has 2 nitrogen and oxygen atoms in total. The van der Waals surface area contributed by atoms with E-state index in [0.29, 0.717) is 6.04 Å². The molecule has 0 aromatic heterocycles. The Bertz CT molecular complexity index is 367. The van der Waals surface area contributed by atoms with Gasteiger partial charge in [0.15, 0.2) is 0 Å². The zero-order valence-corrected chi connectivity index (χ0v) is 14.3. The van der Waals surface area contributed by atoms with Crippen LogP contribution in [0.2, 0.25) is 0 Å². The molecular formula is C14H23AuClN2. The van der Waals surface area contributed by atoms with Crippen molar-refractivity contribution < 1.29 is 36.2 Å². The molecule has 2 rings (SSSR count). The van der Waals surface area contributed by atoms with E-state index in [1.165, 1.54) is 16.8 Å². The van der Waals surface area contributed by atoms with Crippen molar-refractivity contribution in [2.75, 3.05) is 18.0 Å². The van der Waals surface area contributed by atoms with E-state index in [0.717, 1.165) is 13.1 Å². The molecule has 0 aliphatic carbocycles. The minimum absolute atomic E-state index is 0. The average molecular weight is 452 g/mol. The first kappa shape index (κ1) is 18.0. The number of rotatable bonds is 2. The molecule has 1 aromatic carbocycles. The molecule has 107 valence electrons. The van der Waals surface area contributed by atoms with Crippen LogP contribution in [0, 0.1) is 20.5 Å². The third kappa shape index (κ3) is 3.75. The molecule has 0 spiro atoms. The third-order valence-corrected chi connectivity index (χ3v) is 3.28. The van der Waals surface area contributed by atoms with Gasteiger partial charge in [-0.1, -0.05) is 18.2 Å². The number of aryl methyl sites for hydroxylation is 2. The maximum absolute atomic E-state index is 2.39. The molecule has 1 radical (unpaired) electrons. The summed E-state index contributed by atoms with van der Waals surface area (Å²) in [6.07, 6.45) is 0. The van der Waals surface area contributed by atoms with Crippen LogP contribution in [0.5, 0.6) is 0 Å². The van der Waals surface area contributed by atoms with Gasteiger partial charge in [-0.15, -0.1) is 0 Å². The summed E-state index contributed by atoms with van der Waals surface area (Å²) >= 11 is 0. The molecule has 0 N–H and O–H groups in total. The number of para-hydroxylation sites is 1. The Morgan fingerprint density at radius 1 is 1.11 bits per heavy atom. The predicted molar refractivity (Wildman–Crippen MR) is 71.5 cm³/mol. The first-order chi connectivity index (χ1) is 7.59. The van der Waals surface area contributed by atoms with Gasteiger partial charge >= 0.3 is 22.4 Å². The Morgan fingerprint density at radius 3 is 2.11 bits per heavy atom. The molecule has 0 atom stereocenters. The Morgan fingerprint density at radius 2 is 1.67 bits per heavy atom. The zero-order valence-electron chi connectivity index (χ0n) is 11.4. The van der Waals surface area contributed by atoms with Crippen LogP contribution in [-0.2, 0) is 22.4 Å². The van der Waals surface area contributed by atoms with E-state index >= 15 is 0 Å². The van der Waals surface area contributed by atoms with Gasteiger partial charge in [0.25, 0.3) is 0 Å². The smallest absolute Gasteiger partial charge is 1.00 e. The van der Waals surface area contributed by atoms with E-state index in [1.807, 2.05) is 0 Å². The standard InChI is InChI=1S/C14H21N2.Au.ClH.H2/c1-11(2)15-8-9-16(10-15)14-12(3)6-5-7-13(14)4;;;/h5-7,10-11H,8-9H2,1-4H3;;2*1H/q;+1;;/p-1. The molecule has 1 heterocycles. The molecule has 0 amide bonds. The molecule has 1 aliphatic heterocycles. The zero-order chi connectivity index (χ0) is 11.7. The number of nitrogens with zero attached hydrogens (tertiary/aromatic N) is 2. The molecular weight excluding hydrogens is 429 g/mol. The summed E-state index contributed by atoms with van der Waals surface area (Å²) in [5, 5.41) is 0. The third-order valence-electron chi connectivity index (χ3n) is 3.28. The Labute approximate surface area is 134 Å². The van der Waals surface area contributed by atoms with Crippen LogP contribution >= 0.6 is 0 Å². The predicted octanol–water partition coefficient (Wildman–Crippen LogP) is 0.201. The first-order valence-electron chi connectivity index (χ1n) is 6.03. The Balaban J connectivity index is 0. The fraction of sp³-hybridized carbons (Fsp3) is 0.500. The van der Waals surface area contributed by atoms with E-state index in [1.54, 1.807) is 0 Å². The van der Waals surface area contributed by atoms with Gasteiger partial charge in [-0.3, -0.25) is 4.90 Å². The van der Waals surface area contributed by atoms with Crippen LogP contribution in [0.4, 0.5) is 5.69 Å². The minimum Gasteiger partial charge on any atom is -1.00 e. The topological polar surface area (TPSA) is 6.48 Å². The fourth-order valence-electron chi connectivity index (χ4n) is 2.34. The summed E-state index contributed by atoms with van der Waals surface area (Å²) in [6.45, 7) is 13.4. The number of hydrogen-bond acceptors (Lipinski definition) is 2. The van der Waals surface area contributed by atoms with Crippen molar-refractivity contribution in [2.45, 2.75) is 33.7 Å². The van der Waals surface area contributed by atoms with Crippen LogP contribution in [0.3, 0.4) is 0 Å². The summed E-state index contributed by atoms with van der Waals surface area (Å²) in [6, 6.07) is 7.10. The minimum atomic E-state index is 0. The van der Waals surface area contributed by atoms with Crippen LogP contribution in [0.25, 0.3) is 0 Å². The summed E-state index contributed by atoms with van der Waals surface area (Å²) in [4.78, 5) is 4.77. The largest absolute Gasteiger partial charge is 1.00 e. The van der Waals surface area contributed by atoms with Gasteiger partial charge in [-0.25, -0.2) is 0 Å². The van der Waals surface area contributed by atoms with Gasteiger partial charge in [0.05, 0.1) is 0 Å². The first-order valence-corrected chi connectivity index (χ1v) is 6.03.